The number of sulfone groups is 1. The number of rotatable bonds is 4. The monoisotopic (exact) mass is 327 g/mol. The molecule has 0 fully saturated rings. The van der Waals surface area contributed by atoms with Crippen LogP contribution in [0, 0.1) is 5.82 Å². The minimum absolute atomic E-state index is 0.201. The van der Waals surface area contributed by atoms with Crippen LogP contribution in [0.5, 0.6) is 0 Å². The standard InChI is InChI=1S/C15H15ClFNO2S/c1-21(19,20)13-4-2-3-11(7-13)15(18)8-10-5-6-12(16)9-14(10)17/h2-7,9,15H,8,18H2,1H3. The molecule has 0 radical (unpaired) electrons. The lowest BCUT2D eigenvalue weighted by molar-refractivity contribution is 0.591. The Morgan fingerprint density at radius 3 is 2.57 bits per heavy atom. The lowest BCUT2D eigenvalue weighted by atomic mass is 9.99. The molecule has 112 valence electrons. The van der Waals surface area contributed by atoms with Gasteiger partial charge in [0.2, 0.25) is 0 Å². The molecule has 0 spiro atoms. The molecule has 0 saturated heterocycles. The highest BCUT2D eigenvalue weighted by molar-refractivity contribution is 7.90. The van der Waals surface area contributed by atoms with Crippen molar-refractivity contribution < 1.29 is 12.8 Å². The Hall–Kier alpha value is -1.43. The van der Waals surface area contributed by atoms with Crippen molar-refractivity contribution in [2.24, 2.45) is 5.73 Å². The summed E-state index contributed by atoms with van der Waals surface area (Å²) in [4.78, 5) is 0.201. The summed E-state index contributed by atoms with van der Waals surface area (Å²) in [5, 5.41) is 0.323. The summed E-state index contributed by atoms with van der Waals surface area (Å²) in [5.74, 6) is -0.419. The number of halogens is 2. The van der Waals surface area contributed by atoms with E-state index in [1.807, 2.05) is 0 Å². The molecule has 6 heteroatoms. The predicted molar refractivity (Wildman–Crippen MR) is 81.6 cm³/mol. The Bertz CT molecular complexity index is 762. The summed E-state index contributed by atoms with van der Waals surface area (Å²) in [6.07, 6.45) is 1.40. The minimum atomic E-state index is -3.29. The second-order valence-corrected chi connectivity index (χ2v) is 7.34. The van der Waals surface area contributed by atoms with Crippen LogP contribution in [0.4, 0.5) is 4.39 Å². The third-order valence-electron chi connectivity index (χ3n) is 3.17. The zero-order valence-corrected chi connectivity index (χ0v) is 13.0. The van der Waals surface area contributed by atoms with Crippen LogP contribution in [0.25, 0.3) is 0 Å². The molecule has 3 nitrogen and oxygen atoms in total. The maximum atomic E-state index is 13.8. The predicted octanol–water partition coefficient (Wildman–Crippen LogP) is 3.13. The van der Waals surface area contributed by atoms with Crippen molar-refractivity contribution in [3.05, 3.63) is 64.4 Å². The lowest BCUT2D eigenvalue weighted by Crippen LogP contribution is -2.14. The molecule has 2 rings (SSSR count). The van der Waals surface area contributed by atoms with E-state index in [0.717, 1.165) is 6.26 Å². The van der Waals surface area contributed by atoms with Crippen molar-refractivity contribution >= 4 is 21.4 Å². The van der Waals surface area contributed by atoms with Crippen molar-refractivity contribution in [2.45, 2.75) is 17.4 Å². The number of nitrogens with two attached hydrogens (primary N) is 1. The first-order valence-corrected chi connectivity index (χ1v) is 8.54. The van der Waals surface area contributed by atoms with Crippen LogP contribution in [0.1, 0.15) is 17.2 Å². The average molecular weight is 328 g/mol. The van der Waals surface area contributed by atoms with Gasteiger partial charge in [-0.1, -0.05) is 29.8 Å². The third kappa shape index (κ3) is 4.03. The molecule has 21 heavy (non-hydrogen) atoms. The van der Waals surface area contributed by atoms with E-state index in [1.165, 1.54) is 18.2 Å². The quantitative estimate of drug-likeness (QED) is 0.938. The maximum absolute atomic E-state index is 13.8. The van der Waals surface area contributed by atoms with Crippen molar-refractivity contribution in [2.75, 3.05) is 6.26 Å². The molecule has 1 unspecified atom stereocenters. The van der Waals surface area contributed by atoms with Crippen LogP contribution >= 0.6 is 11.6 Å². The molecule has 1 atom stereocenters. The number of hydrogen-bond acceptors (Lipinski definition) is 3. The zero-order valence-electron chi connectivity index (χ0n) is 11.4. The Labute approximate surface area is 128 Å². The molecule has 2 aromatic carbocycles. The smallest absolute Gasteiger partial charge is 0.175 e. The van der Waals surface area contributed by atoms with E-state index < -0.39 is 21.7 Å². The Balaban J connectivity index is 2.26. The van der Waals surface area contributed by atoms with Crippen molar-refractivity contribution in [3.63, 3.8) is 0 Å². The fraction of sp³-hybridized carbons (Fsp3) is 0.200. The van der Waals surface area contributed by atoms with Crippen LogP contribution in [0.2, 0.25) is 5.02 Å². The summed E-state index contributed by atoms with van der Waals surface area (Å²) in [6.45, 7) is 0. The highest BCUT2D eigenvalue weighted by atomic mass is 35.5. The topological polar surface area (TPSA) is 60.2 Å². The summed E-state index contributed by atoms with van der Waals surface area (Å²) in [6, 6.07) is 10.3. The number of benzene rings is 2. The molecule has 2 aromatic rings. The van der Waals surface area contributed by atoms with Gasteiger partial charge in [-0.2, -0.15) is 0 Å². The Kier molecular flexibility index (Phi) is 4.66. The zero-order chi connectivity index (χ0) is 15.6. The molecule has 0 heterocycles. The fourth-order valence-electron chi connectivity index (χ4n) is 2.02. The van der Waals surface area contributed by atoms with Crippen LogP contribution in [-0.2, 0) is 16.3 Å². The first kappa shape index (κ1) is 15.9. The van der Waals surface area contributed by atoms with Gasteiger partial charge in [-0.15, -0.1) is 0 Å². The molecule has 0 bridgehead atoms. The van der Waals surface area contributed by atoms with Gasteiger partial charge in [-0.25, -0.2) is 12.8 Å². The first-order valence-electron chi connectivity index (χ1n) is 6.27. The molecule has 0 saturated carbocycles. The Morgan fingerprint density at radius 2 is 1.95 bits per heavy atom. The van der Waals surface area contributed by atoms with Gasteiger partial charge >= 0.3 is 0 Å². The second-order valence-electron chi connectivity index (χ2n) is 4.89. The molecular formula is C15H15ClFNO2S. The third-order valence-corrected chi connectivity index (χ3v) is 4.51. The highest BCUT2D eigenvalue weighted by Gasteiger charge is 2.14. The molecule has 0 amide bonds. The molecule has 0 aliphatic heterocycles. The largest absolute Gasteiger partial charge is 0.324 e. The van der Waals surface area contributed by atoms with Crippen LogP contribution < -0.4 is 5.73 Å². The van der Waals surface area contributed by atoms with Crippen LogP contribution in [0.3, 0.4) is 0 Å². The van der Waals surface area contributed by atoms with E-state index in [4.69, 9.17) is 17.3 Å². The molecular weight excluding hydrogens is 313 g/mol. The van der Waals surface area contributed by atoms with Gasteiger partial charge < -0.3 is 5.73 Å². The van der Waals surface area contributed by atoms with Crippen LogP contribution in [0.15, 0.2) is 47.4 Å². The summed E-state index contributed by atoms with van der Waals surface area (Å²) in [5.41, 5.74) is 7.14. The van der Waals surface area contributed by atoms with E-state index in [2.05, 4.69) is 0 Å². The summed E-state index contributed by atoms with van der Waals surface area (Å²) < 4.78 is 36.8. The van der Waals surface area contributed by atoms with Gasteiger partial charge in [0.05, 0.1) is 4.90 Å². The molecule has 0 aliphatic rings. The van der Waals surface area contributed by atoms with E-state index in [9.17, 15) is 12.8 Å². The van der Waals surface area contributed by atoms with Crippen molar-refractivity contribution in [3.8, 4) is 0 Å². The second kappa shape index (κ2) is 6.13. The fourth-order valence-corrected chi connectivity index (χ4v) is 2.85. The van der Waals surface area contributed by atoms with Gasteiger partial charge in [-0.3, -0.25) is 0 Å². The highest BCUT2D eigenvalue weighted by Crippen LogP contribution is 2.22. The first-order chi connectivity index (χ1) is 9.77. The van der Waals surface area contributed by atoms with Crippen molar-refractivity contribution in [1.29, 1.82) is 0 Å². The van der Waals surface area contributed by atoms with Crippen molar-refractivity contribution in [1.82, 2.24) is 0 Å². The Morgan fingerprint density at radius 1 is 1.24 bits per heavy atom. The molecule has 0 aliphatic carbocycles. The average Bonchev–Trinajstić information content (AvgIpc) is 2.41. The summed E-state index contributed by atoms with van der Waals surface area (Å²) >= 11 is 5.70. The van der Waals surface area contributed by atoms with E-state index >= 15 is 0 Å². The number of hydrogen-bond donors (Lipinski definition) is 1. The van der Waals surface area contributed by atoms with Gasteiger partial charge in [0.1, 0.15) is 5.82 Å². The SMILES string of the molecule is CS(=O)(=O)c1cccc(C(N)Cc2ccc(Cl)cc2F)c1. The van der Waals surface area contributed by atoms with E-state index in [0.29, 0.717) is 16.1 Å². The van der Waals surface area contributed by atoms with E-state index in [1.54, 1.807) is 24.3 Å². The van der Waals surface area contributed by atoms with Gasteiger partial charge in [0.15, 0.2) is 9.84 Å². The van der Waals surface area contributed by atoms with Gasteiger partial charge in [-0.05, 0) is 41.8 Å². The van der Waals surface area contributed by atoms with Gasteiger partial charge in [0, 0.05) is 17.3 Å². The molecule has 2 N–H and O–H groups in total. The normalized spacial score (nSPS) is 13.1. The van der Waals surface area contributed by atoms with E-state index in [-0.39, 0.29) is 11.3 Å². The maximum Gasteiger partial charge on any atom is 0.175 e. The summed E-state index contributed by atoms with van der Waals surface area (Å²) in [7, 11) is -3.29. The van der Waals surface area contributed by atoms with Gasteiger partial charge in [0.25, 0.3) is 0 Å². The van der Waals surface area contributed by atoms with Crippen LogP contribution in [-0.4, -0.2) is 14.7 Å². The minimum Gasteiger partial charge on any atom is -0.324 e. The molecule has 0 aromatic heterocycles. The lowest BCUT2D eigenvalue weighted by Gasteiger charge is -2.14.